The van der Waals surface area contributed by atoms with Gasteiger partial charge in [0.05, 0.1) is 6.20 Å². The highest BCUT2D eigenvalue weighted by Crippen LogP contribution is 2.21. The summed E-state index contributed by atoms with van der Waals surface area (Å²) in [7, 11) is 0. The van der Waals surface area contributed by atoms with Gasteiger partial charge in [-0.2, -0.15) is 0 Å². The number of nitrogens with two attached hydrogens (primary N) is 1. The van der Waals surface area contributed by atoms with Crippen molar-refractivity contribution in [1.29, 1.82) is 0 Å². The van der Waals surface area contributed by atoms with E-state index in [1.807, 2.05) is 0 Å². The normalized spacial score (nSPS) is 8.84. The molecule has 5 nitrogen and oxygen atoms in total. The van der Waals surface area contributed by atoms with E-state index in [9.17, 15) is 4.79 Å². The number of ether oxygens (including phenoxy) is 1. The van der Waals surface area contributed by atoms with Gasteiger partial charge in [-0.1, -0.05) is 0 Å². The molecule has 2 aromatic rings. The molecule has 0 radical (unpaired) electrons. The van der Waals surface area contributed by atoms with E-state index in [2.05, 4.69) is 4.98 Å². The van der Waals surface area contributed by atoms with Crippen LogP contribution >= 0.6 is 24.8 Å². The Morgan fingerprint density at radius 3 is 2.11 bits per heavy atom. The number of pyridine rings is 1. The van der Waals surface area contributed by atoms with Gasteiger partial charge >= 0.3 is 5.97 Å². The van der Waals surface area contributed by atoms with Gasteiger partial charge < -0.3 is 15.6 Å². The number of hydrogen-bond donors (Lipinski definition) is 2. The Hall–Kier alpha value is -1.98. The molecule has 0 saturated heterocycles. The predicted molar refractivity (Wildman–Crippen MR) is 76.6 cm³/mol. The maximum atomic E-state index is 10.6. The first kappa shape index (κ1) is 17.0. The Balaban J connectivity index is 0.00000162. The summed E-state index contributed by atoms with van der Waals surface area (Å²) < 4.78 is 5.46. The van der Waals surface area contributed by atoms with E-state index < -0.39 is 5.97 Å². The van der Waals surface area contributed by atoms with Crippen LogP contribution in [-0.4, -0.2) is 16.1 Å². The summed E-state index contributed by atoms with van der Waals surface area (Å²) >= 11 is 0. The van der Waals surface area contributed by atoms with Crippen LogP contribution in [-0.2, 0) is 0 Å². The molecule has 1 heterocycles. The van der Waals surface area contributed by atoms with Crippen LogP contribution in [0.15, 0.2) is 42.6 Å². The summed E-state index contributed by atoms with van der Waals surface area (Å²) in [4.78, 5) is 14.3. The summed E-state index contributed by atoms with van der Waals surface area (Å²) in [6.07, 6.45) is 1.36. The third-order valence-corrected chi connectivity index (χ3v) is 2.07. The zero-order chi connectivity index (χ0) is 12.3. The Morgan fingerprint density at radius 1 is 1.05 bits per heavy atom. The minimum atomic E-state index is -1.07. The van der Waals surface area contributed by atoms with Crippen LogP contribution in [0.1, 0.15) is 10.5 Å². The molecular weight excluding hydrogens is 291 g/mol. The van der Waals surface area contributed by atoms with Crippen molar-refractivity contribution in [3.63, 3.8) is 0 Å². The van der Waals surface area contributed by atoms with Crippen LogP contribution in [0.4, 0.5) is 5.69 Å². The zero-order valence-electron chi connectivity index (χ0n) is 9.65. The molecule has 0 saturated carbocycles. The number of rotatable bonds is 3. The quantitative estimate of drug-likeness (QED) is 0.851. The lowest BCUT2D eigenvalue weighted by Gasteiger charge is -2.05. The minimum Gasteiger partial charge on any atom is -0.477 e. The van der Waals surface area contributed by atoms with Crippen molar-refractivity contribution < 1.29 is 14.6 Å². The van der Waals surface area contributed by atoms with Crippen LogP contribution in [0.2, 0.25) is 0 Å². The molecule has 0 amide bonds. The Labute approximate surface area is 122 Å². The van der Waals surface area contributed by atoms with Gasteiger partial charge in [-0.05, 0) is 36.4 Å². The zero-order valence-corrected chi connectivity index (χ0v) is 11.3. The highest BCUT2D eigenvalue weighted by atomic mass is 35.5. The number of carboxylic acid groups (broad SMARTS) is 1. The first-order valence-electron chi connectivity index (χ1n) is 4.88. The van der Waals surface area contributed by atoms with Gasteiger partial charge in [0.15, 0.2) is 0 Å². The van der Waals surface area contributed by atoms with E-state index in [1.165, 1.54) is 12.3 Å². The topological polar surface area (TPSA) is 85.4 Å². The van der Waals surface area contributed by atoms with E-state index in [0.717, 1.165) is 0 Å². The first-order chi connectivity index (χ1) is 8.15. The standard InChI is InChI=1S/C12H10N2O3.2ClH/c13-8-1-3-9(4-2-8)17-10-5-6-11(12(15)16)14-7-10;;/h1-7H,13H2,(H,15,16);2*1H. The lowest BCUT2D eigenvalue weighted by molar-refractivity contribution is 0.0690. The fraction of sp³-hybridized carbons (Fsp3) is 0. The minimum absolute atomic E-state index is 0. The number of nitrogen functional groups attached to an aromatic ring is 1. The van der Waals surface area contributed by atoms with E-state index in [4.69, 9.17) is 15.6 Å². The van der Waals surface area contributed by atoms with Crippen LogP contribution in [0.25, 0.3) is 0 Å². The predicted octanol–water partition coefficient (Wildman–Crippen LogP) is 3.00. The van der Waals surface area contributed by atoms with E-state index in [1.54, 1.807) is 30.3 Å². The van der Waals surface area contributed by atoms with Crippen molar-refractivity contribution in [1.82, 2.24) is 4.98 Å². The number of aromatic carboxylic acids is 1. The van der Waals surface area contributed by atoms with Crippen molar-refractivity contribution in [3.8, 4) is 11.5 Å². The molecular formula is C12H12Cl2N2O3. The molecule has 0 atom stereocenters. The van der Waals surface area contributed by atoms with Gasteiger partial charge in [0.25, 0.3) is 0 Å². The van der Waals surface area contributed by atoms with Crippen LogP contribution in [0.3, 0.4) is 0 Å². The molecule has 0 aliphatic heterocycles. The number of hydrogen-bond acceptors (Lipinski definition) is 4. The lowest BCUT2D eigenvalue weighted by Crippen LogP contribution is -1.99. The number of benzene rings is 1. The van der Waals surface area contributed by atoms with Gasteiger partial charge in [-0.25, -0.2) is 9.78 Å². The van der Waals surface area contributed by atoms with Gasteiger partial charge in [-0.3, -0.25) is 0 Å². The fourth-order valence-corrected chi connectivity index (χ4v) is 1.24. The van der Waals surface area contributed by atoms with Crippen molar-refractivity contribution in [3.05, 3.63) is 48.3 Å². The van der Waals surface area contributed by atoms with E-state index in [0.29, 0.717) is 17.2 Å². The summed E-state index contributed by atoms with van der Waals surface area (Å²) in [5, 5.41) is 8.68. The SMILES string of the molecule is Cl.Cl.Nc1ccc(Oc2ccc(C(=O)O)nc2)cc1. The number of halogens is 2. The second kappa shape index (κ2) is 7.45. The first-order valence-corrected chi connectivity index (χ1v) is 4.88. The largest absolute Gasteiger partial charge is 0.477 e. The maximum absolute atomic E-state index is 10.6. The Bertz CT molecular complexity index is 530. The molecule has 102 valence electrons. The Kier molecular flexibility index (Phi) is 6.68. The highest BCUT2D eigenvalue weighted by Gasteiger charge is 2.04. The highest BCUT2D eigenvalue weighted by molar-refractivity contribution is 5.86. The van der Waals surface area contributed by atoms with Gasteiger partial charge in [0, 0.05) is 5.69 Å². The molecule has 0 aliphatic carbocycles. The third-order valence-electron chi connectivity index (χ3n) is 2.07. The summed E-state index contributed by atoms with van der Waals surface area (Å²) in [5.41, 5.74) is 6.17. The van der Waals surface area contributed by atoms with Crippen molar-refractivity contribution in [2.75, 3.05) is 5.73 Å². The Morgan fingerprint density at radius 2 is 1.63 bits per heavy atom. The molecule has 1 aromatic carbocycles. The van der Waals surface area contributed by atoms with Gasteiger partial charge in [0.2, 0.25) is 0 Å². The number of carboxylic acids is 1. The molecule has 0 bridgehead atoms. The summed E-state index contributed by atoms with van der Waals surface area (Å²) in [6, 6.07) is 9.81. The monoisotopic (exact) mass is 302 g/mol. The molecule has 0 spiro atoms. The number of anilines is 1. The molecule has 19 heavy (non-hydrogen) atoms. The molecule has 3 N–H and O–H groups in total. The second-order valence-electron chi connectivity index (χ2n) is 3.36. The summed E-state index contributed by atoms with van der Waals surface area (Å²) in [6.45, 7) is 0. The van der Waals surface area contributed by atoms with Crippen molar-refractivity contribution in [2.24, 2.45) is 0 Å². The van der Waals surface area contributed by atoms with Gasteiger partial charge in [0.1, 0.15) is 17.2 Å². The average Bonchev–Trinajstić information content (AvgIpc) is 2.33. The van der Waals surface area contributed by atoms with Crippen LogP contribution < -0.4 is 10.5 Å². The molecule has 0 fully saturated rings. The smallest absolute Gasteiger partial charge is 0.354 e. The number of nitrogens with zero attached hydrogens (tertiary/aromatic N) is 1. The fourth-order valence-electron chi connectivity index (χ4n) is 1.24. The third kappa shape index (κ3) is 4.65. The number of carbonyl (C=O) groups is 1. The second-order valence-corrected chi connectivity index (χ2v) is 3.36. The van der Waals surface area contributed by atoms with Gasteiger partial charge in [-0.15, -0.1) is 24.8 Å². The summed E-state index contributed by atoms with van der Waals surface area (Å²) in [5.74, 6) is 0.0212. The van der Waals surface area contributed by atoms with Crippen molar-refractivity contribution in [2.45, 2.75) is 0 Å². The van der Waals surface area contributed by atoms with Crippen molar-refractivity contribution >= 4 is 36.5 Å². The maximum Gasteiger partial charge on any atom is 0.354 e. The van der Waals surface area contributed by atoms with Crippen LogP contribution in [0.5, 0.6) is 11.5 Å². The lowest BCUT2D eigenvalue weighted by atomic mass is 10.3. The number of aromatic nitrogens is 1. The molecule has 7 heteroatoms. The molecule has 0 unspecified atom stereocenters. The average molecular weight is 303 g/mol. The molecule has 1 aromatic heterocycles. The molecule has 2 rings (SSSR count). The van der Waals surface area contributed by atoms with Crippen LogP contribution in [0, 0.1) is 0 Å². The molecule has 0 aliphatic rings. The van der Waals surface area contributed by atoms with E-state index in [-0.39, 0.29) is 30.5 Å². The van der Waals surface area contributed by atoms with E-state index >= 15 is 0 Å².